The van der Waals surface area contributed by atoms with Crippen LogP contribution in [0.15, 0.2) is 52.1 Å². The van der Waals surface area contributed by atoms with Gasteiger partial charge in [0.1, 0.15) is 0 Å². The molecule has 4 aromatic rings. The van der Waals surface area contributed by atoms with Crippen LogP contribution in [0.4, 0.5) is 20.4 Å². The molecule has 1 aliphatic heterocycles. The number of benzene rings is 2. The van der Waals surface area contributed by atoms with E-state index in [2.05, 4.69) is 17.2 Å². The molecule has 5 rings (SSSR count). The van der Waals surface area contributed by atoms with E-state index >= 15 is 0 Å². The highest BCUT2D eigenvalue weighted by atomic mass is 35.5. The minimum absolute atomic E-state index is 0.174. The number of hydrogen-bond donors (Lipinski definition) is 1. The van der Waals surface area contributed by atoms with Gasteiger partial charge in [0.15, 0.2) is 27.9 Å². The minimum Gasteiger partial charge on any atom is -0.345 e. The molecule has 0 amide bonds. The topological polar surface area (TPSA) is 80.3 Å². The van der Waals surface area contributed by atoms with Gasteiger partial charge in [-0.25, -0.2) is 13.6 Å². The molecule has 2 aromatic heterocycles. The monoisotopic (exact) mass is 597 g/mol. The zero-order valence-corrected chi connectivity index (χ0v) is 23.9. The number of nitrogens with one attached hydrogen (secondary N) is 1. The summed E-state index contributed by atoms with van der Waals surface area (Å²) in [6.07, 6.45) is 0. The number of rotatable bonds is 5. The summed E-state index contributed by atoms with van der Waals surface area (Å²) in [5.74, 6) is 4.28. The molecular weight excluding hydrogens is 572 g/mol. The van der Waals surface area contributed by atoms with Crippen LogP contribution in [0.5, 0.6) is 0 Å². The largest absolute Gasteiger partial charge is 0.345 e. The smallest absolute Gasteiger partial charge is 0.332 e. The van der Waals surface area contributed by atoms with E-state index in [0.29, 0.717) is 42.3 Å². The number of anilines is 2. The number of aromatic nitrogens is 4. The molecule has 1 aliphatic rings. The maximum atomic E-state index is 13.8. The predicted octanol–water partition coefficient (Wildman–Crippen LogP) is 3.42. The summed E-state index contributed by atoms with van der Waals surface area (Å²) in [4.78, 5) is 35.6. The Morgan fingerprint density at radius 1 is 1.07 bits per heavy atom. The molecule has 1 N–H and O–H groups in total. The number of para-hydroxylation sites is 1. The van der Waals surface area contributed by atoms with E-state index in [1.807, 2.05) is 28.0 Å². The fraction of sp³-hybridized carbons (Fsp3) is 0.286. The molecule has 0 atom stereocenters. The van der Waals surface area contributed by atoms with E-state index < -0.39 is 22.9 Å². The van der Waals surface area contributed by atoms with Crippen LogP contribution in [0.3, 0.4) is 0 Å². The molecule has 0 radical (unpaired) electrons. The molecule has 9 nitrogen and oxygen atoms in total. The van der Waals surface area contributed by atoms with Crippen LogP contribution in [0.1, 0.15) is 12.5 Å². The Labute approximate surface area is 244 Å². The quantitative estimate of drug-likeness (QED) is 0.279. The fourth-order valence-electron chi connectivity index (χ4n) is 4.74. The van der Waals surface area contributed by atoms with Gasteiger partial charge in [-0.15, -0.1) is 5.92 Å². The summed E-state index contributed by atoms with van der Waals surface area (Å²) in [7, 11) is 1.52. The summed E-state index contributed by atoms with van der Waals surface area (Å²) in [5, 5.41) is 4.31. The number of hydrogen-bond acceptors (Lipinski definition) is 5. The first kappa shape index (κ1) is 28.3. The van der Waals surface area contributed by atoms with Crippen molar-refractivity contribution in [3.63, 3.8) is 0 Å². The zero-order chi connectivity index (χ0) is 29.3. The van der Waals surface area contributed by atoms with Crippen molar-refractivity contribution in [2.75, 3.05) is 36.4 Å². The summed E-state index contributed by atoms with van der Waals surface area (Å²) >= 11 is 11.9. The van der Waals surface area contributed by atoms with Gasteiger partial charge in [0, 0.05) is 33.2 Å². The Hall–Kier alpha value is -4.21. The standard InChI is InChI=1S/C28H26ClF2N7O2S/c1-3-4-11-37-23-24(34(2)28(40)38(25(23)39)17-18-9-10-20(30)21(31)16-18)33-26(37)35-12-14-36(15-13-35)27(41)32-22-8-6-5-7-19(22)29/h5-10,16H,11-15,17H2,1-2H3,(H,32,41). The van der Waals surface area contributed by atoms with E-state index in [0.717, 1.165) is 22.4 Å². The first-order chi connectivity index (χ1) is 19.7. The minimum atomic E-state index is -1.06. The van der Waals surface area contributed by atoms with Crippen molar-refractivity contribution in [2.45, 2.75) is 20.0 Å². The Kier molecular flexibility index (Phi) is 8.10. The van der Waals surface area contributed by atoms with Crippen LogP contribution >= 0.6 is 23.8 Å². The lowest BCUT2D eigenvalue weighted by Gasteiger charge is -2.36. The lowest BCUT2D eigenvalue weighted by Crippen LogP contribution is -2.50. The Morgan fingerprint density at radius 2 is 1.80 bits per heavy atom. The SMILES string of the molecule is CC#CCn1c(N2CCN(C(=S)Nc3ccccc3Cl)CC2)nc2c1c(=O)n(Cc1ccc(F)c(F)c1)c(=O)n2C. The first-order valence-corrected chi connectivity index (χ1v) is 13.6. The Bertz CT molecular complexity index is 1830. The van der Waals surface area contributed by atoms with E-state index in [1.54, 1.807) is 17.6 Å². The van der Waals surface area contributed by atoms with E-state index in [4.69, 9.17) is 28.8 Å². The van der Waals surface area contributed by atoms with Gasteiger partial charge in [0.2, 0.25) is 5.95 Å². The zero-order valence-electron chi connectivity index (χ0n) is 22.3. The second-order valence-corrected chi connectivity index (χ2v) is 10.3. The average Bonchev–Trinajstić information content (AvgIpc) is 3.36. The fourth-order valence-corrected chi connectivity index (χ4v) is 5.21. The third-order valence-electron chi connectivity index (χ3n) is 6.92. The van der Waals surface area contributed by atoms with Gasteiger partial charge in [0.05, 0.1) is 23.8 Å². The molecular formula is C28H26ClF2N7O2S. The van der Waals surface area contributed by atoms with Crippen molar-refractivity contribution in [2.24, 2.45) is 7.05 Å². The predicted molar refractivity (Wildman–Crippen MR) is 160 cm³/mol. The molecule has 1 saturated heterocycles. The van der Waals surface area contributed by atoms with Gasteiger partial charge in [0.25, 0.3) is 5.56 Å². The molecule has 0 aliphatic carbocycles. The number of imidazole rings is 1. The van der Waals surface area contributed by atoms with Crippen molar-refractivity contribution in [3.8, 4) is 11.8 Å². The summed E-state index contributed by atoms with van der Waals surface area (Å²) in [6, 6.07) is 10.6. The van der Waals surface area contributed by atoms with Crippen LogP contribution in [0.25, 0.3) is 11.2 Å². The van der Waals surface area contributed by atoms with Gasteiger partial charge >= 0.3 is 5.69 Å². The average molecular weight is 598 g/mol. The van der Waals surface area contributed by atoms with Crippen molar-refractivity contribution in [1.29, 1.82) is 0 Å². The molecule has 212 valence electrons. The number of aryl methyl sites for hydroxylation is 1. The van der Waals surface area contributed by atoms with Gasteiger partial charge in [-0.05, 0) is 49.0 Å². The van der Waals surface area contributed by atoms with Crippen molar-refractivity contribution < 1.29 is 8.78 Å². The first-order valence-electron chi connectivity index (χ1n) is 12.8. The summed E-state index contributed by atoms with van der Waals surface area (Å²) in [5.41, 5.74) is 0.208. The molecule has 41 heavy (non-hydrogen) atoms. The lowest BCUT2D eigenvalue weighted by molar-refractivity contribution is 0.386. The number of halogens is 3. The number of fused-ring (bicyclic) bond motifs is 1. The van der Waals surface area contributed by atoms with Gasteiger partial charge < -0.3 is 15.1 Å². The summed E-state index contributed by atoms with van der Waals surface area (Å²) < 4.78 is 31.3. The highest BCUT2D eigenvalue weighted by molar-refractivity contribution is 7.80. The van der Waals surface area contributed by atoms with Crippen LogP contribution in [0.2, 0.25) is 5.02 Å². The van der Waals surface area contributed by atoms with E-state index in [-0.39, 0.29) is 29.8 Å². The number of thiocarbonyl (C=S) groups is 1. The third kappa shape index (κ3) is 5.55. The van der Waals surface area contributed by atoms with Crippen LogP contribution < -0.4 is 21.5 Å². The van der Waals surface area contributed by atoms with Crippen LogP contribution in [0, 0.1) is 23.5 Å². The van der Waals surface area contributed by atoms with Crippen molar-refractivity contribution >= 4 is 51.7 Å². The molecule has 0 spiro atoms. The van der Waals surface area contributed by atoms with Crippen LogP contribution in [-0.4, -0.2) is 54.9 Å². The van der Waals surface area contributed by atoms with Gasteiger partial charge in [-0.2, -0.15) is 4.98 Å². The summed E-state index contributed by atoms with van der Waals surface area (Å²) in [6.45, 7) is 3.90. The maximum Gasteiger partial charge on any atom is 0.332 e. The normalized spacial score (nSPS) is 13.3. The maximum absolute atomic E-state index is 13.8. The highest BCUT2D eigenvalue weighted by Crippen LogP contribution is 2.23. The molecule has 0 bridgehead atoms. The van der Waals surface area contributed by atoms with E-state index in [9.17, 15) is 18.4 Å². The van der Waals surface area contributed by atoms with Gasteiger partial charge in [-0.3, -0.25) is 18.5 Å². The third-order valence-corrected chi connectivity index (χ3v) is 7.61. The van der Waals surface area contributed by atoms with Gasteiger partial charge in [-0.1, -0.05) is 35.7 Å². The second kappa shape index (κ2) is 11.7. The molecule has 0 saturated carbocycles. The Balaban J connectivity index is 1.46. The number of piperazine rings is 1. The Morgan fingerprint density at radius 3 is 2.49 bits per heavy atom. The lowest BCUT2D eigenvalue weighted by atomic mass is 10.2. The second-order valence-electron chi connectivity index (χ2n) is 9.46. The molecule has 13 heteroatoms. The van der Waals surface area contributed by atoms with E-state index in [1.165, 1.54) is 17.7 Å². The van der Waals surface area contributed by atoms with Crippen molar-refractivity contribution in [3.05, 3.63) is 85.5 Å². The highest BCUT2D eigenvalue weighted by Gasteiger charge is 2.27. The molecule has 2 aromatic carbocycles. The van der Waals surface area contributed by atoms with Crippen molar-refractivity contribution in [1.82, 2.24) is 23.6 Å². The number of nitrogens with zero attached hydrogens (tertiary/aromatic N) is 6. The molecule has 0 unspecified atom stereocenters. The molecule has 1 fully saturated rings. The van der Waals surface area contributed by atoms with Crippen LogP contribution in [-0.2, 0) is 20.1 Å². The molecule has 3 heterocycles.